The number of amides is 2. The van der Waals surface area contributed by atoms with Gasteiger partial charge in [0.15, 0.2) is 5.75 Å². The highest BCUT2D eigenvalue weighted by Crippen LogP contribution is 2.38. The Labute approximate surface area is 220 Å². The lowest BCUT2D eigenvalue weighted by Gasteiger charge is -2.25. The van der Waals surface area contributed by atoms with Crippen LogP contribution >= 0.6 is 0 Å². The standard InChI is InChI=1S/C28H30N4O6/c1-5-38-13-12-29-27(34)28(2,3)19-8-10-21-23(16-19)30-22-14-17(6-9-20(22)26(33)31-21)18-7-11-24(32(35)36)25(15-18)37-4/h6-11,14-16,30H,5,12-13H2,1-4H3,(H,29,34)(H,31,33). The number of carbonyl (C=O) groups is 2. The van der Waals surface area contributed by atoms with Gasteiger partial charge in [0.2, 0.25) is 5.91 Å². The summed E-state index contributed by atoms with van der Waals surface area (Å²) in [5.41, 5.74) is 3.47. The highest BCUT2D eigenvalue weighted by atomic mass is 16.6. The van der Waals surface area contributed by atoms with Crippen LogP contribution in [0.4, 0.5) is 22.7 Å². The quantitative estimate of drug-likeness (QED) is 0.206. The van der Waals surface area contributed by atoms with Gasteiger partial charge in [0.05, 0.1) is 46.7 Å². The van der Waals surface area contributed by atoms with Gasteiger partial charge in [-0.15, -0.1) is 0 Å². The van der Waals surface area contributed by atoms with Crippen LogP contribution in [0.25, 0.3) is 11.1 Å². The number of fused-ring (bicyclic) bond motifs is 2. The molecule has 1 aliphatic heterocycles. The maximum Gasteiger partial charge on any atom is 0.310 e. The number of nitrogens with one attached hydrogen (secondary N) is 3. The summed E-state index contributed by atoms with van der Waals surface area (Å²) in [5, 5.41) is 20.4. The lowest BCUT2D eigenvalue weighted by Crippen LogP contribution is -2.41. The second-order valence-electron chi connectivity index (χ2n) is 9.32. The Bertz CT molecular complexity index is 1400. The van der Waals surface area contributed by atoms with Crippen LogP contribution in [0.1, 0.15) is 36.7 Å². The molecule has 10 heteroatoms. The fourth-order valence-electron chi connectivity index (χ4n) is 4.25. The molecular formula is C28H30N4O6. The Balaban J connectivity index is 1.66. The first-order valence-electron chi connectivity index (χ1n) is 12.2. The van der Waals surface area contributed by atoms with E-state index in [1.54, 1.807) is 30.3 Å². The van der Waals surface area contributed by atoms with Gasteiger partial charge < -0.3 is 25.4 Å². The van der Waals surface area contributed by atoms with Crippen molar-refractivity contribution in [2.45, 2.75) is 26.2 Å². The molecule has 2 amide bonds. The van der Waals surface area contributed by atoms with Crippen molar-refractivity contribution in [3.63, 3.8) is 0 Å². The van der Waals surface area contributed by atoms with E-state index in [9.17, 15) is 19.7 Å². The minimum atomic E-state index is -0.834. The van der Waals surface area contributed by atoms with E-state index in [-0.39, 0.29) is 23.3 Å². The number of nitrogens with zero attached hydrogens (tertiary/aromatic N) is 1. The molecule has 0 atom stereocenters. The average Bonchev–Trinajstić information content (AvgIpc) is 3.04. The van der Waals surface area contributed by atoms with Crippen LogP contribution < -0.4 is 20.7 Å². The Morgan fingerprint density at radius 2 is 1.74 bits per heavy atom. The molecule has 0 bridgehead atoms. The Morgan fingerprint density at radius 3 is 2.45 bits per heavy atom. The SMILES string of the molecule is CCOCCNC(=O)C(C)(C)c1ccc2c(c1)Nc1cc(-c3ccc([N+](=O)[O-])c(OC)c3)ccc1C(=O)N2. The van der Waals surface area contributed by atoms with Crippen LogP contribution in [0.5, 0.6) is 5.75 Å². The van der Waals surface area contributed by atoms with Crippen LogP contribution in [-0.2, 0) is 14.9 Å². The van der Waals surface area contributed by atoms with Crippen molar-refractivity contribution in [3.05, 3.63) is 75.8 Å². The summed E-state index contributed by atoms with van der Waals surface area (Å²) in [4.78, 5) is 36.7. The Morgan fingerprint density at radius 1 is 1.00 bits per heavy atom. The molecule has 0 spiro atoms. The highest BCUT2D eigenvalue weighted by Gasteiger charge is 2.31. The molecule has 0 saturated heterocycles. The lowest BCUT2D eigenvalue weighted by molar-refractivity contribution is -0.385. The van der Waals surface area contributed by atoms with Gasteiger partial charge in [-0.1, -0.05) is 12.1 Å². The third-order valence-corrected chi connectivity index (χ3v) is 6.54. The first kappa shape index (κ1) is 26.6. The van der Waals surface area contributed by atoms with E-state index in [1.165, 1.54) is 13.2 Å². The third kappa shape index (κ3) is 5.30. The van der Waals surface area contributed by atoms with Crippen molar-refractivity contribution < 1.29 is 24.0 Å². The summed E-state index contributed by atoms with van der Waals surface area (Å²) in [6, 6.07) is 15.4. The highest BCUT2D eigenvalue weighted by molar-refractivity contribution is 6.12. The number of benzene rings is 3. The Kier molecular flexibility index (Phi) is 7.63. The fourth-order valence-corrected chi connectivity index (χ4v) is 4.25. The van der Waals surface area contributed by atoms with Crippen molar-refractivity contribution in [3.8, 4) is 16.9 Å². The van der Waals surface area contributed by atoms with Gasteiger partial charge in [-0.25, -0.2) is 0 Å². The average molecular weight is 519 g/mol. The monoisotopic (exact) mass is 518 g/mol. The summed E-state index contributed by atoms with van der Waals surface area (Å²) in [6.45, 7) is 7.02. The number of hydrogen-bond donors (Lipinski definition) is 3. The number of ether oxygens (including phenoxy) is 2. The van der Waals surface area contributed by atoms with Gasteiger partial charge in [-0.2, -0.15) is 0 Å². The van der Waals surface area contributed by atoms with Gasteiger partial charge in [0.1, 0.15) is 0 Å². The number of carbonyl (C=O) groups excluding carboxylic acids is 2. The van der Waals surface area contributed by atoms with Crippen molar-refractivity contribution >= 4 is 34.6 Å². The van der Waals surface area contributed by atoms with Crippen molar-refractivity contribution in [2.75, 3.05) is 37.5 Å². The predicted molar refractivity (Wildman–Crippen MR) is 145 cm³/mol. The molecule has 198 valence electrons. The molecule has 0 fully saturated rings. The van der Waals surface area contributed by atoms with E-state index in [4.69, 9.17) is 9.47 Å². The van der Waals surface area contributed by atoms with Gasteiger partial charge in [0, 0.05) is 19.2 Å². The zero-order valence-electron chi connectivity index (χ0n) is 21.7. The first-order valence-corrected chi connectivity index (χ1v) is 12.2. The summed E-state index contributed by atoms with van der Waals surface area (Å²) >= 11 is 0. The summed E-state index contributed by atoms with van der Waals surface area (Å²) < 4.78 is 10.5. The fraction of sp³-hybridized carbons (Fsp3) is 0.286. The van der Waals surface area contributed by atoms with E-state index in [1.807, 2.05) is 39.0 Å². The van der Waals surface area contributed by atoms with E-state index in [0.29, 0.717) is 47.9 Å². The second kappa shape index (κ2) is 10.9. The maximum atomic E-state index is 13.0. The third-order valence-electron chi connectivity index (χ3n) is 6.54. The molecule has 0 unspecified atom stereocenters. The van der Waals surface area contributed by atoms with Gasteiger partial charge >= 0.3 is 5.69 Å². The molecule has 3 N–H and O–H groups in total. The zero-order valence-corrected chi connectivity index (χ0v) is 21.7. The number of hydrogen-bond acceptors (Lipinski definition) is 7. The number of anilines is 3. The van der Waals surface area contributed by atoms with E-state index >= 15 is 0 Å². The molecule has 1 aliphatic rings. The van der Waals surface area contributed by atoms with Crippen LogP contribution in [0, 0.1) is 10.1 Å². The Hall–Kier alpha value is -4.44. The second-order valence-corrected chi connectivity index (χ2v) is 9.32. The number of nitro groups is 1. The largest absolute Gasteiger partial charge is 0.490 e. The van der Waals surface area contributed by atoms with Gasteiger partial charge in [0.25, 0.3) is 5.91 Å². The normalized spacial score (nSPS) is 12.4. The predicted octanol–water partition coefficient (Wildman–Crippen LogP) is 5.01. The van der Waals surface area contributed by atoms with Crippen molar-refractivity contribution in [2.24, 2.45) is 0 Å². The van der Waals surface area contributed by atoms with E-state index in [0.717, 1.165) is 11.1 Å². The van der Waals surface area contributed by atoms with E-state index < -0.39 is 10.3 Å². The molecule has 0 aliphatic carbocycles. The minimum absolute atomic E-state index is 0.130. The molecule has 3 aromatic carbocycles. The number of methoxy groups -OCH3 is 1. The lowest BCUT2D eigenvalue weighted by atomic mass is 9.83. The smallest absolute Gasteiger partial charge is 0.310 e. The van der Waals surface area contributed by atoms with Gasteiger partial charge in [-0.3, -0.25) is 19.7 Å². The van der Waals surface area contributed by atoms with Crippen LogP contribution in [-0.4, -0.2) is 43.6 Å². The summed E-state index contributed by atoms with van der Waals surface area (Å²) in [7, 11) is 1.38. The molecular weight excluding hydrogens is 488 g/mol. The number of rotatable bonds is 9. The topological polar surface area (TPSA) is 132 Å². The van der Waals surface area contributed by atoms with Crippen LogP contribution in [0.15, 0.2) is 54.6 Å². The molecule has 4 rings (SSSR count). The zero-order chi connectivity index (χ0) is 27.4. The molecule has 38 heavy (non-hydrogen) atoms. The molecule has 10 nitrogen and oxygen atoms in total. The molecule has 0 aromatic heterocycles. The number of nitro benzene ring substituents is 1. The molecule has 0 radical (unpaired) electrons. The maximum absolute atomic E-state index is 13.0. The molecule has 3 aromatic rings. The first-order chi connectivity index (χ1) is 18.1. The van der Waals surface area contributed by atoms with Crippen LogP contribution in [0.2, 0.25) is 0 Å². The van der Waals surface area contributed by atoms with Crippen molar-refractivity contribution in [1.82, 2.24) is 5.32 Å². The summed E-state index contributed by atoms with van der Waals surface area (Å²) in [6.07, 6.45) is 0. The van der Waals surface area contributed by atoms with Crippen molar-refractivity contribution in [1.29, 1.82) is 0 Å². The van der Waals surface area contributed by atoms with E-state index in [2.05, 4.69) is 16.0 Å². The summed E-state index contributed by atoms with van der Waals surface area (Å²) in [5.74, 6) is -0.269. The molecule has 0 saturated carbocycles. The van der Waals surface area contributed by atoms with Crippen LogP contribution in [0.3, 0.4) is 0 Å². The van der Waals surface area contributed by atoms with Gasteiger partial charge in [-0.05, 0) is 73.9 Å². The molecule has 1 heterocycles. The minimum Gasteiger partial charge on any atom is -0.490 e.